The molecule has 13 heavy (non-hydrogen) atoms. The first-order valence-corrected chi connectivity index (χ1v) is 5.00. The Kier molecular flexibility index (Phi) is 4.26. The van der Waals surface area contributed by atoms with Crippen molar-refractivity contribution in [3.63, 3.8) is 0 Å². The van der Waals surface area contributed by atoms with Gasteiger partial charge in [0.05, 0.1) is 0 Å². The number of halogens is 1. The average molecular weight is 199 g/mol. The van der Waals surface area contributed by atoms with Gasteiger partial charge in [0, 0.05) is 0 Å². The fourth-order valence-electron chi connectivity index (χ4n) is 1.34. The molecular weight excluding hydrogens is 184 g/mol. The molecule has 0 radical (unpaired) electrons. The quantitative estimate of drug-likeness (QED) is 0.738. The van der Waals surface area contributed by atoms with Gasteiger partial charge in [0.15, 0.2) is 0 Å². The van der Waals surface area contributed by atoms with E-state index in [9.17, 15) is 0 Å². The molecule has 1 unspecified atom stereocenters. The van der Waals surface area contributed by atoms with Gasteiger partial charge in [-0.3, -0.25) is 0 Å². The molecule has 0 bridgehead atoms. The fraction of sp³-hybridized carbons (Fsp3) is 0.455. The maximum atomic E-state index is 8.85. The first-order valence-electron chi connectivity index (χ1n) is 4.56. The van der Waals surface area contributed by atoms with Crippen molar-refractivity contribution in [2.24, 2.45) is 0 Å². The standard InChI is InChI=1S/C11H15ClO/c1-9-4-2-5-10(8-9)6-3-7-11(12)13/h2,4-5,8,11,13H,3,6-7H2,1H3. The number of aliphatic hydroxyl groups excluding tert-OH is 1. The second-order valence-electron chi connectivity index (χ2n) is 3.32. The zero-order chi connectivity index (χ0) is 9.68. The normalized spacial score (nSPS) is 12.8. The van der Waals surface area contributed by atoms with Crippen molar-refractivity contribution in [1.82, 2.24) is 0 Å². The summed E-state index contributed by atoms with van der Waals surface area (Å²) in [5.41, 5.74) is 1.91. The van der Waals surface area contributed by atoms with Crippen LogP contribution in [0, 0.1) is 6.92 Å². The number of benzene rings is 1. The first kappa shape index (κ1) is 10.6. The predicted octanol–water partition coefficient (Wildman–Crippen LogP) is 2.87. The molecule has 0 heterocycles. The molecule has 1 atom stereocenters. The molecule has 0 aliphatic rings. The Morgan fingerprint density at radius 1 is 1.46 bits per heavy atom. The van der Waals surface area contributed by atoms with Crippen LogP contribution in [-0.4, -0.2) is 10.7 Å². The highest BCUT2D eigenvalue weighted by atomic mass is 35.5. The molecule has 0 aliphatic heterocycles. The number of rotatable bonds is 4. The third-order valence-corrected chi connectivity index (χ3v) is 2.21. The Balaban J connectivity index is 2.37. The summed E-state index contributed by atoms with van der Waals surface area (Å²) in [5, 5.41) is 8.85. The van der Waals surface area contributed by atoms with Gasteiger partial charge in [-0.15, -0.1) is 0 Å². The maximum Gasteiger partial charge on any atom is 0.128 e. The Morgan fingerprint density at radius 3 is 2.85 bits per heavy atom. The van der Waals surface area contributed by atoms with Crippen molar-refractivity contribution >= 4 is 11.6 Å². The minimum atomic E-state index is -0.690. The van der Waals surface area contributed by atoms with Crippen LogP contribution >= 0.6 is 11.6 Å². The Bertz CT molecular complexity index is 258. The Labute approximate surface area is 84.4 Å². The molecule has 0 amide bonds. The van der Waals surface area contributed by atoms with E-state index < -0.39 is 5.56 Å². The van der Waals surface area contributed by atoms with Crippen LogP contribution < -0.4 is 0 Å². The molecule has 72 valence electrons. The van der Waals surface area contributed by atoms with E-state index in [-0.39, 0.29) is 0 Å². The van der Waals surface area contributed by atoms with Gasteiger partial charge in [0.2, 0.25) is 0 Å². The summed E-state index contributed by atoms with van der Waals surface area (Å²) in [6.45, 7) is 2.08. The molecule has 1 aromatic rings. The lowest BCUT2D eigenvalue weighted by Crippen LogP contribution is -1.96. The molecule has 1 nitrogen and oxygen atoms in total. The van der Waals surface area contributed by atoms with E-state index in [1.165, 1.54) is 11.1 Å². The van der Waals surface area contributed by atoms with Crippen LogP contribution in [-0.2, 0) is 6.42 Å². The number of hydrogen-bond acceptors (Lipinski definition) is 1. The minimum Gasteiger partial charge on any atom is -0.378 e. The van der Waals surface area contributed by atoms with Crippen molar-refractivity contribution in [2.45, 2.75) is 31.7 Å². The zero-order valence-electron chi connectivity index (χ0n) is 7.83. The van der Waals surface area contributed by atoms with Gasteiger partial charge in [-0.25, -0.2) is 0 Å². The highest BCUT2D eigenvalue weighted by Gasteiger charge is 1.98. The number of aliphatic hydroxyl groups is 1. The van der Waals surface area contributed by atoms with E-state index in [0.29, 0.717) is 6.42 Å². The molecule has 1 aromatic carbocycles. The number of hydrogen-bond donors (Lipinski definition) is 1. The van der Waals surface area contributed by atoms with Gasteiger partial charge in [0.1, 0.15) is 5.56 Å². The average Bonchev–Trinajstić information content (AvgIpc) is 2.03. The lowest BCUT2D eigenvalue weighted by Gasteiger charge is -2.03. The largest absolute Gasteiger partial charge is 0.378 e. The summed E-state index contributed by atoms with van der Waals surface area (Å²) in [4.78, 5) is 0. The van der Waals surface area contributed by atoms with Crippen LogP contribution in [0.3, 0.4) is 0 Å². The van der Waals surface area contributed by atoms with Crippen molar-refractivity contribution < 1.29 is 5.11 Å². The van der Waals surface area contributed by atoms with Gasteiger partial charge < -0.3 is 5.11 Å². The van der Waals surface area contributed by atoms with Crippen LogP contribution in [0.1, 0.15) is 24.0 Å². The summed E-state index contributed by atoms with van der Waals surface area (Å²) in [5.74, 6) is 0. The number of alkyl halides is 1. The van der Waals surface area contributed by atoms with E-state index >= 15 is 0 Å². The second kappa shape index (κ2) is 5.25. The minimum absolute atomic E-state index is 0.662. The van der Waals surface area contributed by atoms with Crippen LogP contribution in [0.2, 0.25) is 0 Å². The van der Waals surface area contributed by atoms with E-state index in [1.807, 2.05) is 0 Å². The van der Waals surface area contributed by atoms with Gasteiger partial charge in [0.25, 0.3) is 0 Å². The molecule has 2 heteroatoms. The molecule has 0 aliphatic carbocycles. The van der Waals surface area contributed by atoms with Gasteiger partial charge in [-0.2, -0.15) is 0 Å². The maximum absolute atomic E-state index is 8.85. The van der Waals surface area contributed by atoms with Gasteiger partial charge in [-0.1, -0.05) is 41.4 Å². The molecular formula is C11H15ClO. The molecule has 0 aromatic heterocycles. The predicted molar refractivity (Wildman–Crippen MR) is 56.0 cm³/mol. The lowest BCUT2D eigenvalue weighted by atomic mass is 10.1. The topological polar surface area (TPSA) is 20.2 Å². The van der Waals surface area contributed by atoms with E-state index in [2.05, 4.69) is 31.2 Å². The third kappa shape index (κ3) is 4.30. The van der Waals surface area contributed by atoms with Crippen LogP contribution in [0.15, 0.2) is 24.3 Å². The second-order valence-corrected chi connectivity index (χ2v) is 3.82. The Hall–Kier alpha value is -0.530. The smallest absolute Gasteiger partial charge is 0.128 e. The summed E-state index contributed by atoms with van der Waals surface area (Å²) < 4.78 is 0. The third-order valence-electron chi connectivity index (χ3n) is 1.99. The molecule has 0 fully saturated rings. The summed E-state index contributed by atoms with van der Waals surface area (Å²) in [7, 11) is 0. The van der Waals surface area contributed by atoms with Crippen LogP contribution in [0.25, 0.3) is 0 Å². The zero-order valence-corrected chi connectivity index (χ0v) is 8.59. The summed E-state index contributed by atoms with van der Waals surface area (Å²) in [6, 6.07) is 8.41. The Morgan fingerprint density at radius 2 is 2.23 bits per heavy atom. The van der Waals surface area contributed by atoms with Crippen molar-refractivity contribution in [3.05, 3.63) is 35.4 Å². The highest BCUT2D eigenvalue weighted by molar-refractivity contribution is 6.19. The molecule has 1 N–H and O–H groups in total. The first-order chi connectivity index (χ1) is 6.18. The fourth-order valence-corrected chi connectivity index (χ4v) is 1.50. The van der Waals surface area contributed by atoms with Crippen molar-refractivity contribution in [3.8, 4) is 0 Å². The van der Waals surface area contributed by atoms with Crippen LogP contribution in [0.5, 0.6) is 0 Å². The van der Waals surface area contributed by atoms with Crippen molar-refractivity contribution in [1.29, 1.82) is 0 Å². The van der Waals surface area contributed by atoms with E-state index in [1.54, 1.807) is 0 Å². The monoisotopic (exact) mass is 198 g/mol. The molecule has 0 saturated carbocycles. The highest BCUT2D eigenvalue weighted by Crippen LogP contribution is 2.10. The van der Waals surface area contributed by atoms with Gasteiger partial charge >= 0.3 is 0 Å². The van der Waals surface area contributed by atoms with E-state index in [4.69, 9.17) is 16.7 Å². The van der Waals surface area contributed by atoms with Crippen LogP contribution in [0.4, 0.5) is 0 Å². The summed E-state index contributed by atoms with van der Waals surface area (Å²) >= 11 is 5.43. The van der Waals surface area contributed by atoms with Gasteiger partial charge in [-0.05, 0) is 31.7 Å². The SMILES string of the molecule is Cc1cccc(CCCC(O)Cl)c1. The van der Waals surface area contributed by atoms with E-state index in [0.717, 1.165) is 12.8 Å². The number of aryl methyl sites for hydroxylation is 2. The molecule has 1 rings (SSSR count). The molecule has 0 saturated heterocycles. The van der Waals surface area contributed by atoms with Crippen molar-refractivity contribution in [2.75, 3.05) is 0 Å². The summed E-state index contributed by atoms with van der Waals surface area (Å²) in [6.07, 6.45) is 2.59. The molecule has 0 spiro atoms. The lowest BCUT2D eigenvalue weighted by molar-refractivity contribution is 0.242.